The van der Waals surface area contributed by atoms with Crippen molar-refractivity contribution >= 4 is 17.8 Å². The molecule has 1 aromatic heterocycles. The topological polar surface area (TPSA) is 113 Å². The van der Waals surface area contributed by atoms with Crippen LogP contribution in [0.15, 0.2) is 0 Å². The molecule has 0 aromatic carbocycles. The van der Waals surface area contributed by atoms with E-state index in [4.69, 9.17) is 0 Å². The zero-order chi connectivity index (χ0) is 19.9. The van der Waals surface area contributed by atoms with Crippen molar-refractivity contribution in [2.45, 2.75) is 64.0 Å². The summed E-state index contributed by atoms with van der Waals surface area (Å²) in [5.41, 5.74) is -0.830. The highest BCUT2D eigenvalue weighted by Gasteiger charge is 2.54. The molecule has 3 aliphatic heterocycles. The average molecular weight is 389 g/mol. The van der Waals surface area contributed by atoms with Crippen molar-refractivity contribution in [3.8, 4) is 0 Å². The summed E-state index contributed by atoms with van der Waals surface area (Å²) in [5, 5.41) is 14.3. The second-order valence-electron chi connectivity index (χ2n) is 8.43. The molecule has 10 heteroatoms. The highest BCUT2D eigenvalue weighted by molar-refractivity contribution is 6.07. The normalized spacial score (nSPS) is 24.5. The minimum atomic E-state index is -0.830. The third-order valence-electron chi connectivity index (χ3n) is 6.14. The number of hydrogen-bond donors (Lipinski definition) is 1. The van der Waals surface area contributed by atoms with Gasteiger partial charge in [-0.2, -0.15) is 0 Å². The van der Waals surface area contributed by atoms with Crippen LogP contribution in [0.5, 0.6) is 0 Å². The van der Waals surface area contributed by atoms with Crippen molar-refractivity contribution in [3.63, 3.8) is 0 Å². The number of urea groups is 1. The number of piperidine rings is 1. The molecule has 0 bridgehead atoms. The highest BCUT2D eigenvalue weighted by Crippen LogP contribution is 2.35. The van der Waals surface area contributed by atoms with E-state index in [1.165, 1.54) is 0 Å². The monoisotopic (exact) mass is 389 g/mol. The number of fused-ring (bicyclic) bond motifs is 1. The molecule has 0 radical (unpaired) electrons. The molecule has 4 rings (SSSR count). The number of nitrogens with one attached hydrogen (secondary N) is 1. The number of hydrogen-bond acceptors (Lipinski definition) is 6. The minimum absolute atomic E-state index is 0.0212. The summed E-state index contributed by atoms with van der Waals surface area (Å²) in [5.74, 6) is 0.352. The van der Waals surface area contributed by atoms with E-state index in [0.29, 0.717) is 38.3 Å². The fourth-order valence-corrected chi connectivity index (χ4v) is 4.63. The molecular formula is C18H27N7O3. The Labute approximate surface area is 163 Å². The molecule has 10 nitrogen and oxygen atoms in total. The van der Waals surface area contributed by atoms with Gasteiger partial charge in [-0.3, -0.25) is 14.9 Å². The summed E-state index contributed by atoms with van der Waals surface area (Å²) in [6, 6.07) is -0.318. The van der Waals surface area contributed by atoms with Gasteiger partial charge in [0.25, 0.3) is 5.91 Å². The van der Waals surface area contributed by atoms with Gasteiger partial charge in [-0.25, -0.2) is 9.48 Å². The molecule has 1 spiro atoms. The predicted molar refractivity (Wildman–Crippen MR) is 98.0 cm³/mol. The molecule has 1 atom stereocenters. The summed E-state index contributed by atoms with van der Waals surface area (Å²) in [4.78, 5) is 41.6. The molecule has 2 saturated heterocycles. The lowest BCUT2D eigenvalue weighted by Gasteiger charge is -2.43. The number of carbonyl (C=O) groups is 3. The Kier molecular flexibility index (Phi) is 4.80. The van der Waals surface area contributed by atoms with Crippen LogP contribution in [0.25, 0.3) is 0 Å². The van der Waals surface area contributed by atoms with Gasteiger partial charge in [-0.15, -0.1) is 5.10 Å². The zero-order valence-electron chi connectivity index (χ0n) is 16.4. The first-order valence-electron chi connectivity index (χ1n) is 10.1. The number of nitrogens with zero attached hydrogens (tertiary/aromatic N) is 6. The van der Waals surface area contributed by atoms with Gasteiger partial charge in [-0.05, 0) is 42.0 Å². The van der Waals surface area contributed by atoms with Gasteiger partial charge in [0.2, 0.25) is 5.91 Å². The molecule has 3 aliphatic rings. The number of imide groups is 1. The molecule has 1 unspecified atom stereocenters. The summed E-state index contributed by atoms with van der Waals surface area (Å²) in [6.45, 7) is 6.22. The largest absolute Gasteiger partial charge is 0.342 e. The SMILES string of the molecule is CC(C)CN1C(=O)NC(=O)C12CCN(C(=O)C1CCCCn3nnnc31)CC2. The number of tetrazole rings is 1. The Morgan fingerprint density at radius 3 is 2.68 bits per heavy atom. The van der Waals surface area contributed by atoms with E-state index >= 15 is 0 Å². The van der Waals surface area contributed by atoms with Crippen molar-refractivity contribution in [1.29, 1.82) is 0 Å². The Bertz CT molecular complexity index is 782. The number of carbonyl (C=O) groups excluding carboxylic acids is 3. The summed E-state index contributed by atoms with van der Waals surface area (Å²) in [7, 11) is 0. The van der Waals surface area contributed by atoms with Crippen molar-refractivity contribution in [1.82, 2.24) is 35.3 Å². The van der Waals surface area contributed by atoms with Gasteiger partial charge < -0.3 is 9.80 Å². The smallest absolute Gasteiger partial charge is 0.325 e. The maximum Gasteiger partial charge on any atom is 0.325 e. The molecule has 4 heterocycles. The number of likely N-dealkylation sites (tertiary alicyclic amines) is 1. The van der Waals surface area contributed by atoms with E-state index in [2.05, 4.69) is 20.8 Å². The maximum atomic E-state index is 13.2. The van der Waals surface area contributed by atoms with E-state index in [1.807, 2.05) is 18.7 Å². The van der Waals surface area contributed by atoms with Crippen LogP contribution in [0.2, 0.25) is 0 Å². The van der Waals surface area contributed by atoms with Crippen LogP contribution in [0.3, 0.4) is 0 Å². The van der Waals surface area contributed by atoms with Crippen LogP contribution >= 0.6 is 0 Å². The average Bonchev–Trinajstić information content (AvgIpc) is 3.13. The van der Waals surface area contributed by atoms with Crippen molar-refractivity contribution in [2.24, 2.45) is 5.92 Å². The molecule has 1 N–H and O–H groups in total. The first-order valence-corrected chi connectivity index (χ1v) is 10.1. The second-order valence-corrected chi connectivity index (χ2v) is 8.43. The molecular weight excluding hydrogens is 362 g/mol. The summed E-state index contributed by atoms with van der Waals surface area (Å²) >= 11 is 0. The van der Waals surface area contributed by atoms with Gasteiger partial charge in [0.1, 0.15) is 5.54 Å². The molecule has 0 aliphatic carbocycles. The third-order valence-corrected chi connectivity index (χ3v) is 6.14. The van der Waals surface area contributed by atoms with Crippen LogP contribution < -0.4 is 5.32 Å². The second kappa shape index (κ2) is 7.14. The number of aromatic nitrogens is 4. The third kappa shape index (κ3) is 3.04. The number of rotatable bonds is 3. The first kappa shape index (κ1) is 18.8. The van der Waals surface area contributed by atoms with Gasteiger partial charge in [-0.1, -0.05) is 20.3 Å². The molecule has 28 heavy (non-hydrogen) atoms. The highest BCUT2D eigenvalue weighted by atomic mass is 16.2. The first-order chi connectivity index (χ1) is 13.4. The zero-order valence-corrected chi connectivity index (χ0v) is 16.4. The van der Waals surface area contributed by atoms with Gasteiger partial charge >= 0.3 is 6.03 Å². The van der Waals surface area contributed by atoms with Crippen LogP contribution in [0, 0.1) is 5.92 Å². The molecule has 0 saturated carbocycles. The predicted octanol–water partition coefficient (Wildman–Crippen LogP) is 0.510. The van der Waals surface area contributed by atoms with Gasteiger partial charge in [0.05, 0.1) is 5.92 Å². The van der Waals surface area contributed by atoms with Crippen LogP contribution in [-0.2, 0) is 16.1 Å². The lowest BCUT2D eigenvalue weighted by molar-refractivity contribution is -0.139. The quantitative estimate of drug-likeness (QED) is 0.754. The Morgan fingerprint density at radius 2 is 1.96 bits per heavy atom. The van der Waals surface area contributed by atoms with Crippen LogP contribution in [0.1, 0.15) is 57.7 Å². The standard InChI is InChI=1S/C18H27N7O3/c1-12(2)11-24-17(28)19-16(27)18(24)6-9-23(10-7-18)15(26)13-5-3-4-8-25-14(13)20-21-22-25/h12-13H,3-11H2,1-2H3,(H,19,27,28). The van der Waals surface area contributed by atoms with E-state index in [-0.39, 0.29) is 29.7 Å². The van der Waals surface area contributed by atoms with E-state index in [1.54, 1.807) is 9.58 Å². The molecule has 4 amide bonds. The van der Waals surface area contributed by atoms with Crippen molar-refractivity contribution in [2.75, 3.05) is 19.6 Å². The Balaban J connectivity index is 1.49. The maximum absolute atomic E-state index is 13.2. The van der Waals surface area contributed by atoms with E-state index in [0.717, 1.165) is 25.8 Å². The lowest BCUT2D eigenvalue weighted by Crippen LogP contribution is -2.58. The number of amides is 4. The molecule has 1 aromatic rings. The minimum Gasteiger partial charge on any atom is -0.342 e. The summed E-state index contributed by atoms with van der Waals surface area (Å²) < 4.78 is 1.73. The summed E-state index contributed by atoms with van der Waals surface area (Å²) in [6.07, 6.45) is 3.55. The Morgan fingerprint density at radius 1 is 1.21 bits per heavy atom. The van der Waals surface area contributed by atoms with E-state index in [9.17, 15) is 14.4 Å². The number of aryl methyl sites for hydroxylation is 1. The fraction of sp³-hybridized carbons (Fsp3) is 0.778. The Hall–Kier alpha value is -2.52. The van der Waals surface area contributed by atoms with Crippen LogP contribution in [0.4, 0.5) is 4.79 Å². The molecule has 2 fully saturated rings. The van der Waals surface area contributed by atoms with Crippen LogP contribution in [-0.4, -0.2) is 73.0 Å². The van der Waals surface area contributed by atoms with E-state index < -0.39 is 5.54 Å². The van der Waals surface area contributed by atoms with Gasteiger partial charge in [0.15, 0.2) is 5.82 Å². The molecule has 152 valence electrons. The van der Waals surface area contributed by atoms with Gasteiger partial charge in [0, 0.05) is 26.2 Å². The fourth-order valence-electron chi connectivity index (χ4n) is 4.63. The van der Waals surface area contributed by atoms with Crippen molar-refractivity contribution < 1.29 is 14.4 Å². The van der Waals surface area contributed by atoms with Crippen molar-refractivity contribution in [3.05, 3.63) is 5.82 Å². The lowest BCUT2D eigenvalue weighted by atomic mass is 9.85.